The number of aromatic nitrogens is 4. The fraction of sp³-hybridized carbons (Fsp3) is 0.250. The minimum Gasteiger partial charge on any atom is -0.273 e. The second-order valence-corrected chi connectivity index (χ2v) is 4.23. The maximum atomic E-state index is 4.46. The van der Waals surface area contributed by atoms with Crippen LogP contribution < -0.4 is 0 Å². The lowest BCUT2D eigenvalue weighted by Crippen LogP contribution is -1.99. The Morgan fingerprint density at radius 3 is 3.19 bits per heavy atom. The highest BCUT2D eigenvalue weighted by Crippen LogP contribution is 2.39. The lowest BCUT2D eigenvalue weighted by atomic mass is 9.94. The molecule has 0 radical (unpaired) electrons. The summed E-state index contributed by atoms with van der Waals surface area (Å²) in [6, 6.07) is 2.12. The first-order chi connectivity index (χ1) is 7.95. The van der Waals surface area contributed by atoms with E-state index in [0.717, 1.165) is 29.7 Å². The molecule has 0 atom stereocenters. The van der Waals surface area contributed by atoms with Gasteiger partial charge in [-0.25, -0.2) is 4.98 Å². The predicted octanol–water partition coefficient (Wildman–Crippen LogP) is 1.95. The third-order valence-corrected chi connectivity index (χ3v) is 3.39. The quantitative estimate of drug-likeness (QED) is 0.617. The van der Waals surface area contributed by atoms with Crippen LogP contribution in [0.5, 0.6) is 0 Å². The zero-order chi connectivity index (χ0) is 10.5. The van der Waals surface area contributed by atoms with Gasteiger partial charge in [0.05, 0.1) is 11.2 Å². The Kier molecular flexibility index (Phi) is 1.43. The first kappa shape index (κ1) is 8.21. The first-order valence-corrected chi connectivity index (χ1v) is 5.52. The molecule has 2 heterocycles. The molecule has 1 aliphatic heterocycles. The second kappa shape index (κ2) is 2.78. The first-order valence-electron chi connectivity index (χ1n) is 5.52. The molecule has 16 heavy (non-hydrogen) atoms. The van der Waals surface area contributed by atoms with Gasteiger partial charge in [0.1, 0.15) is 12.0 Å². The van der Waals surface area contributed by atoms with Crippen molar-refractivity contribution in [1.82, 2.24) is 20.2 Å². The minimum atomic E-state index is 0.983. The number of hydrogen-bond acceptors (Lipinski definition) is 3. The van der Waals surface area contributed by atoms with Crippen molar-refractivity contribution in [1.29, 1.82) is 0 Å². The number of H-pyrrole nitrogens is 1. The van der Waals surface area contributed by atoms with E-state index in [-0.39, 0.29) is 0 Å². The summed E-state index contributed by atoms with van der Waals surface area (Å²) in [4.78, 5) is 8.84. The van der Waals surface area contributed by atoms with Crippen LogP contribution in [0.2, 0.25) is 0 Å². The summed E-state index contributed by atoms with van der Waals surface area (Å²) in [6.07, 6.45) is 6.91. The van der Waals surface area contributed by atoms with Gasteiger partial charge in [0.2, 0.25) is 0 Å². The summed E-state index contributed by atoms with van der Waals surface area (Å²) >= 11 is 0. The van der Waals surface area contributed by atoms with E-state index in [4.69, 9.17) is 0 Å². The van der Waals surface area contributed by atoms with Crippen molar-refractivity contribution in [2.24, 2.45) is 0 Å². The van der Waals surface area contributed by atoms with Gasteiger partial charge in [-0.3, -0.25) is 10.1 Å². The van der Waals surface area contributed by atoms with Crippen molar-refractivity contribution in [3.63, 3.8) is 0 Å². The van der Waals surface area contributed by atoms with Crippen molar-refractivity contribution < 1.29 is 0 Å². The van der Waals surface area contributed by atoms with E-state index in [1.165, 1.54) is 22.9 Å². The molecule has 0 bridgehead atoms. The van der Waals surface area contributed by atoms with Crippen molar-refractivity contribution in [3.8, 4) is 11.4 Å². The number of nitrogens with zero attached hydrogens (tertiary/aromatic N) is 3. The van der Waals surface area contributed by atoms with Crippen molar-refractivity contribution in [2.45, 2.75) is 19.3 Å². The Hall–Kier alpha value is -1.97. The van der Waals surface area contributed by atoms with Crippen molar-refractivity contribution in [2.75, 3.05) is 0 Å². The lowest BCUT2D eigenvalue weighted by molar-refractivity contribution is 0.806. The zero-order valence-electron chi connectivity index (χ0n) is 8.70. The van der Waals surface area contributed by atoms with Gasteiger partial charge in [-0.1, -0.05) is 0 Å². The van der Waals surface area contributed by atoms with Gasteiger partial charge in [-0.15, -0.1) is 0 Å². The molecule has 4 heteroatoms. The molecule has 4 nitrogen and oxygen atoms in total. The van der Waals surface area contributed by atoms with Crippen LogP contribution in [0.3, 0.4) is 0 Å². The second-order valence-electron chi connectivity index (χ2n) is 4.23. The van der Waals surface area contributed by atoms with Crippen LogP contribution in [-0.4, -0.2) is 20.2 Å². The standard InChI is InChI=1S/C12H10N4/c1-2-7-4-5-13-11-9(7)8(3-1)10-12(11)16-15-6-14-10/h4-6,16H,1-3H2. The Balaban J connectivity index is 2.30. The Bertz CT molecular complexity index is 655. The molecule has 0 aromatic carbocycles. The number of fused-ring (bicyclic) bond motifs is 3. The summed E-state index contributed by atoms with van der Waals surface area (Å²) in [6.45, 7) is 0. The minimum absolute atomic E-state index is 0.983. The van der Waals surface area contributed by atoms with E-state index in [2.05, 4.69) is 26.2 Å². The number of nitrogens with one attached hydrogen (secondary N) is 1. The molecule has 1 aromatic heterocycles. The van der Waals surface area contributed by atoms with Crippen LogP contribution in [0.4, 0.5) is 0 Å². The maximum Gasteiger partial charge on any atom is 0.136 e. The number of pyridine rings is 1. The van der Waals surface area contributed by atoms with Gasteiger partial charge in [-0.2, -0.15) is 5.10 Å². The molecule has 78 valence electrons. The number of aryl methyl sites for hydroxylation is 2. The molecule has 4 rings (SSSR count). The van der Waals surface area contributed by atoms with Crippen LogP contribution in [0.15, 0.2) is 18.6 Å². The summed E-state index contributed by atoms with van der Waals surface area (Å²) in [5, 5.41) is 8.32. The molecule has 3 aliphatic rings. The Morgan fingerprint density at radius 1 is 1.19 bits per heavy atom. The molecule has 0 unspecified atom stereocenters. The van der Waals surface area contributed by atoms with Crippen LogP contribution in [-0.2, 0) is 12.8 Å². The van der Waals surface area contributed by atoms with E-state index in [1.54, 1.807) is 6.33 Å². The number of hydrogen-bond donors (Lipinski definition) is 1. The highest BCUT2D eigenvalue weighted by Gasteiger charge is 2.24. The largest absolute Gasteiger partial charge is 0.273 e. The molecular formula is C12H10N4. The normalized spacial score (nSPS) is 14.8. The number of aromatic amines is 1. The topological polar surface area (TPSA) is 54.5 Å². The van der Waals surface area contributed by atoms with Crippen molar-refractivity contribution in [3.05, 3.63) is 29.7 Å². The highest BCUT2D eigenvalue weighted by atomic mass is 15.1. The van der Waals surface area contributed by atoms with Crippen LogP contribution >= 0.6 is 0 Å². The fourth-order valence-electron chi connectivity index (χ4n) is 2.75. The van der Waals surface area contributed by atoms with E-state index in [0.29, 0.717) is 0 Å². The van der Waals surface area contributed by atoms with Crippen LogP contribution in [0, 0.1) is 0 Å². The van der Waals surface area contributed by atoms with E-state index in [1.807, 2.05) is 6.20 Å². The highest BCUT2D eigenvalue weighted by molar-refractivity contribution is 6.02. The van der Waals surface area contributed by atoms with E-state index < -0.39 is 0 Å². The number of rotatable bonds is 0. The molecule has 2 aliphatic carbocycles. The van der Waals surface area contributed by atoms with Crippen molar-refractivity contribution >= 4 is 10.9 Å². The summed E-state index contributed by atoms with van der Waals surface area (Å²) in [5.41, 5.74) is 5.80. The Labute approximate surface area is 92.1 Å². The average Bonchev–Trinajstić information content (AvgIpc) is 2.68. The lowest BCUT2D eigenvalue weighted by Gasteiger charge is -2.11. The van der Waals surface area contributed by atoms with Crippen LogP contribution in [0.1, 0.15) is 17.5 Å². The zero-order valence-corrected chi connectivity index (χ0v) is 8.70. The fourth-order valence-corrected chi connectivity index (χ4v) is 2.75. The van der Waals surface area contributed by atoms with Gasteiger partial charge >= 0.3 is 0 Å². The molecule has 0 saturated carbocycles. The molecule has 0 saturated heterocycles. The van der Waals surface area contributed by atoms with Gasteiger partial charge in [-0.05, 0) is 36.5 Å². The smallest absolute Gasteiger partial charge is 0.136 e. The molecule has 1 aromatic rings. The van der Waals surface area contributed by atoms with Crippen LogP contribution in [0.25, 0.3) is 22.3 Å². The van der Waals surface area contributed by atoms with Gasteiger partial charge in [0, 0.05) is 11.6 Å². The molecule has 0 spiro atoms. The maximum absolute atomic E-state index is 4.46. The Morgan fingerprint density at radius 2 is 2.19 bits per heavy atom. The monoisotopic (exact) mass is 210 g/mol. The van der Waals surface area contributed by atoms with E-state index >= 15 is 0 Å². The van der Waals surface area contributed by atoms with Gasteiger partial charge < -0.3 is 0 Å². The molecule has 0 fully saturated rings. The summed E-state index contributed by atoms with van der Waals surface area (Å²) in [7, 11) is 0. The summed E-state index contributed by atoms with van der Waals surface area (Å²) in [5.74, 6) is 0. The third-order valence-electron chi connectivity index (χ3n) is 3.39. The average molecular weight is 210 g/mol. The molecule has 0 amide bonds. The SMILES string of the molecule is c1n[nH]c2c3nccc4c3c(c-2n1)CCC4. The van der Waals surface area contributed by atoms with E-state index in [9.17, 15) is 0 Å². The van der Waals surface area contributed by atoms with Gasteiger partial charge in [0.25, 0.3) is 0 Å². The predicted molar refractivity (Wildman–Crippen MR) is 60.3 cm³/mol. The third kappa shape index (κ3) is 0.869. The van der Waals surface area contributed by atoms with Gasteiger partial charge in [0.15, 0.2) is 0 Å². The summed E-state index contributed by atoms with van der Waals surface area (Å²) < 4.78 is 0. The molecule has 1 N–H and O–H groups in total. The molecular weight excluding hydrogens is 200 g/mol.